The molecule has 1 aliphatic heterocycles. The van der Waals surface area contributed by atoms with E-state index in [2.05, 4.69) is 19.2 Å². The van der Waals surface area contributed by atoms with Gasteiger partial charge in [-0.2, -0.15) is 0 Å². The highest BCUT2D eigenvalue weighted by Crippen LogP contribution is 2.43. The maximum Gasteiger partial charge on any atom is 0.326 e. The topological polar surface area (TPSA) is 69.6 Å². The number of carbonyl (C=O) groups excluding carboxylic acids is 1. The molecule has 5 heteroatoms. The summed E-state index contributed by atoms with van der Waals surface area (Å²) in [5.41, 5.74) is 0.115. The number of aliphatic carboxylic acids is 1. The molecule has 3 aliphatic rings. The summed E-state index contributed by atoms with van der Waals surface area (Å²) < 4.78 is 0. The SMILES string of the molecule is CC1(C)CCCC1NC(=O)N1CC2CCCC2C1C(=O)O. The molecule has 0 bridgehead atoms. The average Bonchev–Trinajstić information content (AvgIpc) is 3.02. The van der Waals surface area contributed by atoms with E-state index in [4.69, 9.17) is 0 Å². The highest BCUT2D eigenvalue weighted by Gasteiger charge is 2.50. The van der Waals surface area contributed by atoms with E-state index in [9.17, 15) is 14.7 Å². The molecule has 4 unspecified atom stereocenters. The van der Waals surface area contributed by atoms with Crippen molar-refractivity contribution in [2.75, 3.05) is 6.54 Å². The monoisotopic (exact) mass is 294 g/mol. The van der Waals surface area contributed by atoms with Gasteiger partial charge in [0, 0.05) is 12.6 Å². The number of rotatable bonds is 2. The minimum atomic E-state index is -0.842. The van der Waals surface area contributed by atoms with Crippen molar-refractivity contribution in [3.05, 3.63) is 0 Å². The lowest BCUT2D eigenvalue weighted by molar-refractivity contribution is -0.142. The summed E-state index contributed by atoms with van der Waals surface area (Å²) in [6, 6.07) is -0.626. The summed E-state index contributed by atoms with van der Waals surface area (Å²) >= 11 is 0. The van der Waals surface area contributed by atoms with Gasteiger partial charge in [-0.1, -0.05) is 26.7 Å². The summed E-state index contributed by atoms with van der Waals surface area (Å²) in [5, 5.41) is 12.6. The molecule has 2 saturated carbocycles. The number of carbonyl (C=O) groups is 2. The Kier molecular flexibility index (Phi) is 3.62. The van der Waals surface area contributed by atoms with E-state index >= 15 is 0 Å². The Balaban J connectivity index is 1.70. The van der Waals surface area contributed by atoms with Crippen molar-refractivity contribution in [3.63, 3.8) is 0 Å². The molecule has 2 amide bonds. The van der Waals surface area contributed by atoms with Gasteiger partial charge in [0.15, 0.2) is 0 Å². The predicted molar refractivity (Wildman–Crippen MR) is 78.9 cm³/mol. The molecule has 4 atom stereocenters. The van der Waals surface area contributed by atoms with E-state index in [1.165, 1.54) is 0 Å². The number of urea groups is 1. The molecular formula is C16H26N2O3. The number of nitrogens with one attached hydrogen (secondary N) is 1. The number of hydrogen-bond donors (Lipinski definition) is 2. The number of carboxylic acid groups (broad SMARTS) is 1. The van der Waals surface area contributed by atoms with Crippen LogP contribution in [0.4, 0.5) is 4.79 Å². The lowest BCUT2D eigenvalue weighted by Gasteiger charge is -2.31. The molecule has 21 heavy (non-hydrogen) atoms. The van der Waals surface area contributed by atoms with Crippen LogP contribution in [0.3, 0.4) is 0 Å². The number of fused-ring (bicyclic) bond motifs is 1. The van der Waals surface area contributed by atoms with Crippen molar-refractivity contribution in [1.29, 1.82) is 0 Å². The Labute approximate surface area is 126 Å². The van der Waals surface area contributed by atoms with Gasteiger partial charge >= 0.3 is 12.0 Å². The van der Waals surface area contributed by atoms with Gasteiger partial charge in [-0.05, 0) is 42.9 Å². The van der Waals surface area contributed by atoms with Crippen molar-refractivity contribution in [1.82, 2.24) is 10.2 Å². The van der Waals surface area contributed by atoms with Crippen LogP contribution in [0, 0.1) is 17.3 Å². The number of nitrogens with zero attached hydrogens (tertiary/aromatic N) is 1. The highest BCUT2D eigenvalue weighted by molar-refractivity contribution is 5.84. The van der Waals surface area contributed by atoms with E-state index in [1.54, 1.807) is 4.90 Å². The van der Waals surface area contributed by atoms with Gasteiger partial charge in [-0.25, -0.2) is 9.59 Å². The normalized spacial score (nSPS) is 37.5. The molecule has 1 heterocycles. The fourth-order valence-corrected chi connectivity index (χ4v) is 4.66. The summed E-state index contributed by atoms with van der Waals surface area (Å²) in [7, 11) is 0. The largest absolute Gasteiger partial charge is 0.480 e. The van der Waals surface area contributed by atoms with Crippen molar-refractivity contribution in [2.24, 2.45) is 17.3 Å². The van der Waals surface area contributed by atoms with Gasteiger partial charge in [-0.3, -0.25) is 0 Å². The molecule has 5 nitrogen and oxygen atoms in total. The zero-order chi connectivity index (χ0) is 15.2. The van der Waals surface area contributed by atoms with Crippen LogP contribution in [0.2, 0.25) is 0 Å². The number of amides is 2. The maximum absolute atomic E-state index is 12.6. The van der Waals surface area contributed by atoms with Gasteiger partial charge in [0.25, 0.3) is 0 Å². The molecule has 0 radical (unpaired) electrons. The average molecular weight is 294 g/mol. The maximum atomic E-state index is 12.6. The van der Waals surface area contributed by atoms with Crippen LogP contribution in [-0.2, 0) is 4.79 Å². The van der Waals surface area contributed by atoms with Crippen LogP contribution in [-0.4, -0.2) is 40.6 Å². The second-order valence-electron chi connectivity index (χ2n) is 7.67. The lowest BCUT2D eigenvalue weighted by atomic mass is 9.87. The van der Waals surface area contributed by atoms with Crippen LogP contribution in [0.1, 0.15) is 52.4 Å². The molecule has 0 aromatic rings. The molecule has 3 rings (SSSR count). The molecule has 3 fully saturated rings. The lowest BCUT2D eigenvalue weighted by Crippen LogP contribution is -2.52. The van der Waals surface area contributed by atoms with Gasteiger partial charge < -0.3 is 15.3 Å². The molecule has 0 aromatic carbocycles. The fraction of sp³-hybridized carbons (Fsp3) is 0.875. The van der Waals surface area contributed by atoms with Gasteiger partial charge in [-0.15, -0.1) is 0 Å². The Morgan fingerprint density at radius 2 is 1.95 bits per heavy atom. The van der Waals surface area contributed by atoms with E-state index in [1.807, 2.05) is 0 Å². The summed E-state index contributed by atoms with van der Waals surface area (Å²) in [6.07, 6.45) is 6.35. The Hall–Kier alpha value is -1.26. The molecule has 2 N–H and O–H groups in total. The molecule has 2 aliphatic carbocycles. The minimum Gasteiger partial charge on any atom is -0.480 e. The molecule has 0 aromatic heterocycles. The third-order valence-corrected chi connectivity index (χ3v) is 5.96. The Morgan fingerprint density at radius 1 is 1.19 bits per heavy atom. The standard InChI is InChI=1S/C16H26N2O3/c1-16(2)8-4-7-12(16)17-15(21)18-9-10-5-3-6-11(10)13(18)14(19)20/h10-13H,3-9H2,1-2H3,(H,17,21)(H,19,20). The van der Waals surface area contributed by atoms with Crippen molar-refractivity contribution in [2.45, 2.75) is 64.5 Å². The third-order valence-electron chi connectivity index (χ3n) is 5.96. The molecule has 0 spiro atoms. The van der Waals surface area contributed by atoms with Crippen LogP contribution in [0.25, 0.3) is 0 Å². The second-order valence-corrected chi connectivity index (χ2v) is 7.67. The first-order valence-electron chi connectivity index (χ1n) is 8.20. The zero-order valence-electron chi connectivity index (χ0n) is 13.0. The van der Waals surface area contributed by atoms with Gasteiger partial charge in [0.05, 0.1) is 0 Å². The highest BCUT2D eigenvalue weighted by atomic mass is 16.4. The number of hydrogen-bond acceptors (Lipinski definition) is 2. The Bertz CT molecular complexity index is 449. The second kappa shape index (κ2) is 5.18. The predicted octanol–water partition coefficient (Wildman–Crippen LogP) is 2.46. The first kappa shape index (κ1) is 14.7. The summed E-state index contributed by atoms with van der Waals surface area (Å²) in [6.45, 7) is 4.97. The van der Waals surface area contributed by atoms with Crippen LogP contribution in [0.5, 0.6) is 0 Å². The molecule has 1 saturated heterocycles. The van der Waals surface area contributed by atoms with Crippen molar-refractivity contribution < 1.29 is 14.7 Å². The van der Waals surface area contributed by atoms with Gasteiger partial charge in [0.2, 0.25) is 0 Å². The first-order chi connectivity index (χ1) is 9.90. The van der Waals surface area contributed by atoms with Crippen molar-refractivity contribution >= 4 is 12.0 Å². The molecule has 118 valence electrons. The number of carboxylic acids is 1. The molecular weight excluding hydrogens is 268 g/mol. The van der Waals surface area contributed by atoms with Crippen LogP contribution >= 0.6 is 0 Å². The van der Waals surface area contributed by atoms with E-state index in [-0.39, 0.29) is 23.4 Å². The third kappa shape index (κ3) is 2.51. The quantitative estimate of drug-likeness (QED) is 0.822. The summed E-state index contributed by atoms with van der Waals surface area (Å²) in [5.74, 6) is -0.302. The minimum absolute atomic E-state index is 0.115. The van der Waals surface area contributed by atoms with E-state index in [0.717, 1.165) is 38.5 Å². The smallest absolute Gasteiger partial charge is 0.326 e. The fourth-order valence-electron chi connectivity index (χ4n) is 4.66. The first-order valence-corrected chi connectivity index (χ1v) is 8.20. The number of likely N-dealkylation sites (tertiary alicyclic amines) is 1. The van der Waals surface area contributed by atoms with Crippen LogP contribution < -0.4 is 5.32 Å². The zero-order valence-corrected chi connectivity index (χ0v) is 13.0. The summed E-state index contributed by atoms with van der Waals surface area (Å²) in [4.78, 5) is 25.8. The van der Waals surface area contributed by atoms with Crippen LogP contribution in [0.15, 0.2) is 0 Å². The van der Waals surface area contributed by atoms with E-state index in [0.29, 0.717) is 12.5 Å². The van der Waals surface area contributed by atoms with Crippen molar-refractivity contribution in [3.8, 4) is 0 Å². The van der Waals surface area contributed by atoms with Gasteiger partial charge in [0.1, 0.15) is 6.04 Å². The Morgan fingerprint density at radius 3 is 2.57 bits per heavy atom. The van der Waals surface area contributed by atoms with E-state index < -0.39 is 12.0 Å².